The summed E-state index contributed by atoms with van der Waals surface area (Å²) in [7, 11) is 0. The van der Waals surface area contributed by atoms with Crippen molar-refractivity contribution < 1.29 is 14.1 Å². The number of aromatic nitrogens is 4. The first-order valence-electron chi connectivity index (χ1n) is 8.83. The van der Waals surface area contributed by atoms with Crippen LogP contribution in [0.2, 0.25) is 0 Å². The van der Waals surface area contributed by atoms with Gasteiger partial charge in [0.1, 0.15) is 6.04 Å². The summed E-state index contributed by atoms with van der Waals surface area (Å²) in [5, 5.41) is 11.3. The van der Waals surface area contributed by atoms with Crippen molar-refractivity contribution in [3.8, 4) is 0 Å². The number of ether oxygens (including phenoxy) is 1. The van der Waals surface area contributed by atoms with E-state index in [-0.39, 0.29) is 23.8 Å². The quantitative estimate of drug-likeness (QED) is 0.861. The van der Waals surface area contributed by atoms with Gasteiger partial charge in [0.2, 0.25) is 5.89 Å². The van der Waals surface area contributed by atoms with Crippen LogP contribution in [0.4, 0.5) is 0 Å². The summed E-state index contributed by atoms with van der Waals surface area (Å²) in [4.78, 5) is 17.2. The van der Waals surface area contributed by atoms with Gasteiger partial charge in [0.05, 0.1) is 11.8 Å². The van der Waals surface area contributed by atoms with E-state index in [1.54, 1.807) is 17.1 Å². The van der Waals surface area contributed by atoms with Crippen LogP contribution in [-0.2, 0) is 11.3 Å². The highest BCUT2D eigenvalue weighted by Crippen LogP contribution is 2.30. The molecule has 0 bridgehead atoms. The molecule has 2 aromatic heterocycles. The van der Waals surface area contributed by atoms with Gasteiger partial charge in [0, 0.05) is 31.9 Å². The number of aryl methyl sites for hydroxylation is 1. The fourth-order valence-corrected chi connectivity index (χ4v) is 2.92. The van der Waals surface area contributed by atoms with Crippen molar-refractivity contribution >= 4 is 5.91 Å². The number of nitrogens with zero attached hydrogens (tertiary/aromatic N) is 4. The van der Waals surface area contributed by atoms with Crippen molar-refractivity contribution in [1.82, 2.24) is 25.2 Å². The van der Waals surface area contributed by atoms with Crippen LogP contribution in [0, 0.1) is 5.92 Å². The lowest BCUT2D eigenvalue weighted by atomic mass is 9.91. The molecule has 2 aromatic rings. The Morgan fingerprint density at radius 3 is 2.76 bits per heavy atom. The van der Waals surface area contributed by atoms with Gasteiger partial charge in [-0.25, -0.2) is 0 Å². The molecule has 0 unspecified atom stereocenters. The van der Waals surface area contributed by atoms with Crippen molar-refractivity contribution in [2.45, 2.75) is 52.1 Å². The van der Waals surface area contributed by atoms with E-state index in [2.05, 4.69) is 20.6 Å². The van der Waals surface area contributed by atoms with E-state index in [1.807, 2.05) is 20.8 Å². The van der Waals surface area contributed by atoms with E-state index in [0.29, 0.717) is 30.5 Å². The fraction of sp³-hybridized carbons (Fsp3) is 0.647. The minimum Gasteiger partial charge on any atom is -0.381 e. The maximum Gasteiger partial charge on any atom is 0.255 e. The maximum absolute atomic E-state index is 12.7. The predicted molar refractivity (Wildman–Crippen MR) is 90.0 cm³/mol. The molecule has 25 heavy (non-hydrogen) atoms. The highest BCUT2D eigenvalue weighted by molar-refractivity contribution is 5.93. The van der Waals surface area contributed by atoms with E-state index < -0.39 is 0 Å². The molecule has 0 saturated carbocycles. The summed E-state index contributed by atoms with van der Waals surface area (Å²) < 4.78 is 12.6. The second kappa shape index (κ2) is 7.77. The number of carbonyl (C=O) groups is 1. The fourth-order valence-electron chi connectivity index (χ4n) is 2.92. The Kier molecular flexibility index (Phi) is 5.47. The Balaban J connectivity index is 1.81. The summed E-state index contributed by atoms with van der Waals surface area (Å²) in [5.41, 5.74) is 0.530. The Hall–Kier alpha value is -2.22. The van der Waals surface area contributed by atoms with Crippen LogP contribution >= 0.6 is 0 Å². The summed E-state index contributed by atoms with van der Waals surface area (Å²) in [6, 6.07) is -0.318. The van der Waals surface area contributed by atoms with Crippen molar-refractivity contribution in [2.75, 3.05) is 13.2 Å². The Labute approximate surface area is 146 Å². The van der Waals surface area contributed by atoms with Gasteiger partial charge in [-0.15, -0.1) is 0 Å². The second-order valence-corrected chi connectivity index (χ2v) is 6.63. The molecule has 8 nitrogen and oxygen atoms in total. The number of rotatable bonds is 6. The minimum atomic E-state index is -0.318. The van der Waals surface area contributed by atoms with Crippen LogP contribution < -0.4 is 5.32 Å². The van der Waals surface area contributed by atoms with Crippen LogP contribution in [0.3, 0.4) is 0 Å². The molecule has 1 fully saturated rings. The molecule has 0 radical (unpaired) electrons. The number of carbonyl (C=O) groups excluding carboxylic acids is 1. The number of nitrogens with one attached hydrogen (secondary N) is 1. The average Bonchev–Trinajstić information content (AvgIpc) is 3.29. The molecule has 1 amide bonds. The van der Waals surface area contributed by atoms with Gasteiger partial charge >= 0.3 is 0 Å². The second-order valence-electron chi connectivity index (χ2n) is 6.63. The van der Waals surface area contributed by atoms with E-state index in [1.165, 1.54) is 0 Å². The maximum atomic E-state index is 12.7. The highest BCUT2D eigenvalue weighted by Gasteiger charge is 2.32. The monoisotopic (exact) mass is 347 g/mol. The minimum absolute atomic E-state index is 0.173. The summed E-state index contributed by atoms with van der Waals surface area (Å²) in [6.07, 6.45) is 5.01. The molecule has 3 heterocycles. The van der Waals surface area contributed by atoms with E-state index >= 15 is 0 Å². The van der Waals surface area contributed by atoms with E-state index in [0.717, 1.165) is 19.4 Å². The topological polar surface area (TPSA) is 95.1 Å². The normalized spacial score (nSPS) is 17.0. The lowest BCUT2D eigenvalue weighted by Gasteiger charge is -2.28. The third-order valence-electron chi connectivity index (χ3n) is 4.48. The molecule has 1 aliphatic heterocycles. The zero-order valence-electron chi connectivity index (χ0n) is 14.9. The van der Waals surface area contributed by atoms with Crippen LogP contribution in [0.5, 0.6) is 0 Å². The van der Waals surface area contributed by atoms with Crippen molar-refractivity contribution in [2.24, 2.45) is 5.92 Å². The standard InChI is InChI=1S/C17H25N5O3/c1-4-22-10-13(9-18-22)16(23)19-14(12-5-7-24-8-6-12)17-20-15(11(2)3)21-25-17/h9-12,14H,4-8H2,1-3H3,(H,19,23)/t14-/m0/s1. The number of hydrogen-bond acceptors (Lipinski definition) is 6. The third kappa shape index (κ3) is 4.07. The molecule has 1 saturated heterocycles. The van der Waals surface area contributed by atoms with Gasteiger partial charge in [0.15, 0.2) is 5.82 Å². The van der Waals surface area contributed by atoms with Gasteiger partial charge in [-0.05, 0) is 25.7 Å². The zero-order valence-corrected chi connectivity index (χ0v) is 14.9. The van der Waals surface area contributed by atoms with Crippen molar-refractivity contribution in [3.63, 3.8) is 0 Å². The van der Waals surface area contributed by atoms with Gasteiger partial charge < -0.3 is 14.6 Å². The summed E-state index contributed by atoms with van der Waals surface area (Å²) in [6.45, 7) is 8.07. The first kappa shape index (κ1) is 17.6. The molecule has 1 N–H and O–H groups in total. The van der Waals surface area contributed by atoms with Crippen LogP contribution in [0.25, 0.3) is 0 Å². The number of amides is 1. The summed E-state index contributed by atoms with van der Waals surface area (Å²) >= 11 is 0. The number of hydrogen-bond donors (Lipinski definition) is 1. The van der Waals surface area contributed by atoms with Crippen molar-refractivity contribution in [3.05, 3.63) is 29.7 Å². The SMILES string of the molecule is CCn1cc(C(=O)N[C@H](c2nc(C(C)C)no2)C2CCOCC2)cn1. The Bertz CT molecular complexity index is 703. The van der Waals surface area contributed by atoms with E-state index in [4.69, 9.17) is 9.26 Å². The lowest BCUT2D eigenvalue weighted by Crippen LogP contribution is -2.36. The molecule has 0 aliphatic carbocycles. The Morgan fingerprint density at radius 1 is 1.40 bits per heavy atom. The molecule has 0 spiro atoms. The first-order chi connectivity index (χ1) is 12.1. The lowest BCUT2D eigenvalue weighted by molar-refractivity contribution is 0.0468. The molecule has 1 aliphatic rings. The van der Waals surface area contributed by atoms with Crippen LogP contribution in [0.1, 0.15) is 67.6 Å². The average molecular weight is 347 g/mol. The molecule has 8 heteroatoms. The van der Waals surface area contributed by atoms with Gasteiger partial charge in [-0.2, -0.15) is 10.1 Å². The highest BCUT2D eigenvalue weighted by atomic mass is 16.5. The summed E-state index contributed by atoms with van der Waals surface area (Å²) in [5.74, 6) is 1.32. The smallest absolute Gasteiger partial charge is 0.255 e. The van der Waals surface area contributed by atoms with Crippen LogP contribution in [0.15, 0.2) is 16.9 Å². The van der Waals surface area contributed by atoms with Gasteiger partial charge in [-0.3, -0.25) is 9.48 Å². The molecule has 1 atom stereocenters. The Morgan fingerprint density at radius 2 is 2.16 bits per heavy atom. The van der Waals surface area contributed by atoms with Gasteiger partial charge in [-0.1, -0.05) is 19.0 Å². The third-order valence-corrected chi connectivity index (χ3v) is 4.48. The van der Waals surface area contributed by atoms with Crippen LogP contribution in [-0.4, -0.2) is 39.0 Å². The molecular formula is C17H25N5O3. The molecule has 3 rings (SSSR count). The predicted octanol–water partition coefficient (Wildman–Crippen LogP) is 2.31. The van der Waals surface area contributed by atoms with E-state index in [9.17, 15) is 4.79 Å². The molecule has 136 valence electrons. The largest absolute Gasteiger partial charge is 0.381 e. The first-order valence-corrected chi connectivity index (χ1v) is 8.83. The zero-order chi connectivity index (χ0) is 17.8. The molecule has 0 aromatic carbocycles. The van der Waals surface area contributed by atoms with Crippen molar-refractivity contribution in [1.29, 1.82) is 0 Å². The van der Waals surface area contributed by atoms with Gasteiger partial charge in [0.25, 0.3) is 5.91 Å². The molecular weight excluding hydrogens is 322 g/mol.